The van der Waals surface area contributed by atoms with Crippen LogP contribution in [0.2, 0.25) is 0 Å². The molecule has 0 aliphatic rings. The zero-order chi connectivity index (χ0) is 25.2. The molecule has 9 nitrogen and oxygen atoms in total. The molecule has 0 unspecified atom stereocenters. The first-order valence-electron chi connectivity index (χ1n) is 10.9. The van der Waals surface area contributed by atoms with Crippen molar-refractivity contribution in [2.24, 2.45) is 5.14 Å². The number of carbonyl (C=O) groups is 1. The molecular formula is C24H26N6O3S2. The predicted molar refractivity (Wildman–Crippen MR) is 138 cm³/mol. The second kappa shape index (κ2) is 10.1. The third kappa shape index (κ3) is 5.65. The lowest BCUT2D eigenvalue weighted by Gasteiger charge is -2.11. The summed E-state index contributed by atoms with van der Waals surface area (Å²) in [6.45, 7) is 5.55. The van der Waals surface area contributed by atoms with Crippen LogP contribution in [0.25, 0.3) is 21.5 Å². The highest BCUT2D eigenvalue weighted by molar-refractivity contribution is 7.89. The Labute approximate surface area is 207 Å². The quantitative estimate of drug-likeness (QED) is 0.284. The second-order valence-electron chi connectivity index (χ2n) is 8.06. The number of nitrogens with zero attached hydrogens (tertiary/aromatic N) is 2. The van der Waals surface area contributed by atoms with Crippen LogP contribution < -0.4 is 21.5 Å². The van der Waals surface area contributed by atoms with Crippen LogP contribution in [0, 0.1) is 6.92 Å². The van der Waals surface area contributed by atoms with Gasteiger partial charge in [-0.2, -0.15) is 0 Å². The van der Waals surface area contributed by atoms with E-state index in [0.29, 0.717) is 35.0 Å². The van der Waals surface area contributed by atoms with Crippen LogP contribution in [-0.4, -0.2) is 30.8 Å². The molecule has 0 saturated carbocycles. The molecule has 0 atom stereocenters. The molecule has 11 heteroatoms. The molecule has 4 rings (SSSR count). The van der Waals surface area contributed by atoms with E-state index in [-0.39, 0.29) is 16.8 Å². The number of amides is 1. The summed E-state index contributed by atoms with van der Waals surface area (Å²) in [7, 11) is -3.70. The smallest absolute Gasteiger partial charge is 0.261 e. The minimum atomic E-state index is -3.70. The fourth-order valence-electron chi connectivity index (χ4n) is 3.69. The zero-order valence-corrected chi connectivity index (χ0v) is 21.0. The molecule has 0 saturated heterocycles. The van der Waals surface area contributed by atoms with Crippen LogP contribution >= 0.6 is 11.3 Å². The van der Waals surface area contributed by atoms with Crippen LogP contribution in [0.3, 0.4) is 0 Å². The minimum Gasteiger partial charge on any atom is -0.368 e. The number of carbonyl (C=O) groups excluding carboxylic acids is 1. The monoisotopic (exact) mass is 510 g/mol. The molecule has 0 radical (unpaired) electrons. The fraction of sp³-hybridized carbons (Fsp3) is 0.208. The fourth-order valence-corrected chi connectivity index (χ4v) is 5.16. The topological polar surface area (TPSA) is 153 Å². The number of rotatable bonds is 8. The van der Waals surface area contributed by atoms with Crippen molar-refractivity contribution in [3.8, 4) is 11.3 Å². The zero-order valence-electron chi connectivity index (χ0n) is 19.3. The summed E-state index contributed by atoms with van der Waals surface area (Å²) in [6.07, 6.45) is 0. The number of fused-ring (bicyclic) bond motifs is 1. The number of benzene rings is 2. The number of hydrogen-bond acceptors (Lipinski definition) is 8. The summed E-state index contributed by atoms with van der Waals surface area (Å²) in [5.41, 5.74) is 10.6. The van der Waals surface area contributed by atoms with Crippen molar-refractivity contribution in [2.45, 2.75) is 31.8 Å². The maximum atomic E-state index is 12.3. The molecule has 0 bridgehead atoms. The predicted octanol–water partition coefficient (Wildman–Crippen LogP) is 2.94. The van der Waals surface area contributed by atoms with Gasteiger partial charge in [0.25, 0.3) is 5.91 Å². The van der Waals surface area contributed by atoms with Gasteiger partial charge in [-0.25, -0.2) is 23.5 Å². The first kappa shape index (κ1) is 24.7. The standard InChI is InChI=1S/C24H26N6O3S2/c1-3-28-22(31)20-11-19-21(29-24(25)30-23(19)34-20)18-10-16(5-4-14(18)2)13-27-12-15-6-8-17(9-7-15)35(26,32)33/h4-11,27H,3,12-13H2,1-2H3,(H,28,31)(H2,25,29,30)(H2,26,32,33). The summed E-state index contributed by atoms with van der Waals surface area (Å²) in [5.74, 6) is 0.00876. The Kier molecular flexibility index (Phi) is 7.13. The van der Waals surface area contributed by atoms with Gasteiger partial charge < -0.3 is 16.4 Å². The summed E-state index contributed by atoms with van der Waals surface area (Å²) >= 11 is 1.29. The van der Waals surface area contributed by atoms with Crippen LogP contribution in [0.5, 0.6) is 0 Å². The van der Waals surface area contributed by atoms with Gasteiger partial charge >= 0.3 is 0 Å². The lowest BCUT2D eigenvalue weighted by molar-refractivity contribution is 0.0960. The highest BCUT2D eigenvalue weighted by Gasteiger charge is 2.17. The molecule has 4 aromatic rings. The summed E-state index contributed by atoms with van der Waals surface area (Å²) in [6, 6.07) is 14.4. The first-order valence-corrected chi connectivity index (χ1v) is 13.3. The van der Waals surface area contributed by atoms with Crippen LogP contribution in [-0.2, 0) is 23.1 Å². The number of nitrogens with two attached hydrogens (primary N) is 2. The molecular weight excluding hydrogens is 484 g/mol. The molecule has 2 heterocycles. The van der Waals surface area contributed by atoms with Gasteiger partial charge in [-0.15, -0.1) is 11.3 Å². The number of anilines is 1. The van der Waals surface area contributed by atoms with Crippen molar-refractivity contribution in [1.29, 1.82) is 0 Å². The van der Waals surface area contributed by atoms with E-state index < -0.39 is 10.0 Å². The Balaban J connectivity index is 1.57. The molecule has 2 aromatic carbocycles. The number of thiophene rings is 1. The van der Waals surface area contributed by atoms with Gasteiger partial charge in [0.05, 0.1) is 15.5 Å². The summed E-state index contributed by atoms with van der Waals surface area (Å²) in [4.78, 5) is 22.5. The van der Waals surface area contributed by atoms with E-state index in [9.17, 15) is 13.2 Å². The number of hydrogen-bond donors (Lipinski definition) is 4. The van der Waals surface area contributed by atoms with Gasteiger partial charge in [-0.3, -0.25) is 4.79 Å². The van der Waals surface area contributed by atoms with E-state index in [1.165, 1.54) is 23.5 Å². The Morgan fingerprint density at radius 2 is 1.71 bits per heavy atom. The lowest BCUT2D eigenvalue weighted by atomic mass is 10.00. The van der Waals surface area contributed by atoms with E-state index in [4.69, 9.17) is 10.9 Å². The van der Waals surface area contributed by atoms with Gasteiger partial charge in [0, 0.05) is 30.6 Å². The Morgan fingerprint density at radius 3 is 2.40 bits per heavy atom. The van der Waals surface area contributed by atoms with Crippen molar-refractivity contribution in [1.82, 2.24) is 20.6 Å². The van der Waals surface area contributed by atoms with E-state index in [0.717, 1.165) is 27.6 Å². The summed E-state index contributed by atoms with van der Waals surface area (Å²) < 4.78 is 22.8. The minimum absolute atomic E-state index is 0.0867. The molecule has 35 heavy (non-hydrogen) atoms. The second-order valence-corrected chi connectivity index (χ2v) is 10.7. The number of nitrogens with one attached hydrogen (secondary N) is 2. The van der Waals surface area contributed by atoms with Gasteiger partial charge in [0.15, 0.2) is 0 Å². The normalized spacial score (nSPS) is 11.6. The first-order chi connectivity index (χ1) is 16.7. The number of aromatic nitrogens is 2. The lowest BCUT2D eigenvalue weighted by Crippen LogP contribution is -2.21. The number of nitrogen functional groups attached to an aromatic ring is 1. The van der Waals surface area contributed by atoms with Gasteiger partial charge in [-0.05, 0) is 54.8 Å². The molecule has 1 amide bonds. The maximum absolute atomic E-state index is 12.3. The number of sulfonamides is 1. The highest BCUT2D eigenvalue weighted by atomic mass is 32.2. The molecule has 0 aliphatic heterocycles. The van der Waals surface area contributed by atoms with Gasteiger partial charge in [0.2, 0.25) is 16.0 Å². The maximum Gasteiger partial charge on any atom is 0.261 e. The molecule has 6 N–H and O–H groups in total. The number of primary sulfonamides is 1. The molecule has 182 valence electrons. The van der Waals surface area contributed by atoms with Crippen LogP contribution in [0.4, 0.5) is 5.95 Å². The van der Waals surface area contributed by atoms with Crippen LogP contribution in [0.15, 0.2) is 53.4 Å². The molecule has 2 aromatic heterocycles. The Bertz CT molecular complexity index is 1500. The van der Waals surface area contributed by atoms with Crippen molar-refractivity contribution in [3.63, 3.8) is 0 Å². The highest BCUT2D eigenvalue weighted by Crippen LogP contribution is 2.34. The molecule has 0 spiro atoms. The molecule has 0 fully saturated rings. The average Bonchev–Trinajstić information content (AvgIpc) is 3.24. The Hall–Kier alpha value is -3.38. The Morgan fingerprint density at radius 1 is 1.03 bits per heavy atom. The van der Waals surface area contributed by atoms with Crippen molar-refractivity contribution in [3.05, 3.63) is 70.1 Å². The third-order valence-electron chi connectivity index (χ3n) is 5.44. The molecule has 0 aliphatic carbocycles. The van der Waals surface area contributed by atoms with Crippen molar-refractivity contribution < 1.29 is 13.2 Å². The van der Waals surface area contributed by atoms with Crippen molar-refractivity contribution in [2.75, 3.05) is 12.3 Å². The van der Waals surface area contributed by atoms with Crippen LogP contribution in [0.1, 0.15) is 33.3 Å². The largest absolute Gasteiger partial charge is 0.368 e. The van der Waals surface area contributed by atoms with Gasteiger partial charge in [0.1, 0.15) is 4.83 Å². The van der Waals surface area contributed by atoms with E-state index >= 15 is 0 Å². The van der Waals surface area contributed by atoms with Crippen molar-refractivity contribution >= 4 is 43.4 Å². The van der Waals surface area contributed by atoms with E-state index in [2.05, 4.69) is 26.7 Å². The van der Waals surface area contributed by atoms with E-state index in [1.54, 1.807) is 12.1 Å². The SMILES string of the molecule is CCNC(=O)c1cc2c(-c3cc(CNCc4ccc(S(N)(=O)=O)cc4)ccc3C)nc(N)nc2s1. The third-order valence-corrected chi connectivity index (χ3v) is 7.40. The number of aryl methyl sites for hydroxylation is 1. The van der Waals surface area contributed by atoms with E-state index in [1.807, 2.05) is 32.0 Å². The average molecular weight is 511 g/mol. The summed E-state index contributed by atoms with van der Waals surface area (Å²) in [5, 5.41) is 12.1. The van der Waals surface area contributed by atoms with Gasteiger partial charge in [-0.1, -0.05) is 24.3 Å².